The first-order chi connectivity index (χ1) is 18.0. The Labute approximate surface area is 219 Å². The maximum Gasteiger partial charge on any atom is 0.305 e. The summed E-state index contributed by atoms with van der Waals surface area (Å²) in [6.07, 6.45) is 1.25. The Balaban J connectivity index is 1.90. The average Bonchev–Trinajstić information content (AvgIpc) is 2.92. The number of methoxy groups -OCH3 is 1. The van der Waals surface area contributed by atoms with Gasteiger partial charge < -0.3 is 23.7 Å². The molecule has 0 spiro atoms. The summed E-state index contributed by atoms with van der Waals surface area (Å²) in [6, 6.07) is 19.7. The van der Waals surface area contributed by atoms with E-state index >= 15 is 0 Å². The van der Waals surface area contributed by atoms with Crippen molar-refractivity contribution < 1.29 is 33.3 Å². The lowest BCUT2D eigenvalue weighted by molar-refractivity contribution is -0.237. The van der Waals surface area contributed by atoms with Crippen molar-refractivity contribution in [3.05, 3.63) is 84.4 Å². The van der Waals surface area contributed by atoms with Crippen molar-refractivity contribution in [3.63, 3.8) is 0 Å². The molecule has 7 nitrogen and oxygen atoms in total. The maximum absolute atomic E-state index is 12.5. The molecule has 0 saturated carbocycles. The number of ether oxygens (including phenoxy) is 5. The van der Waals surface area contributed by atoms with Gasteiger partial charge >= 0.3 is 11.9 Å². The number of carbonyl (C=O) groups is 2. The van der Waals surface area contributed by atoms with E-state index in [2.05, 4.69) is 6.58 Å². The highest BCUT2D eigenvalue weighted by molar-refractivity contribution is 5.70. The normalized spacial score (nSPS) is 23.2. The van der Waals surface area contributed by atoms with Crippen LogP contribution in [0, 0.1) is 5.92 Å². The van der Waals surface area contributed by atoms with Crippen molar-refractivity contribution in [1.82, 2.24) is 0 Å². The molecule has 0 bridgehead atoms. The minimum Gasteiger partial charge on any atom is -0.469 e. The number of carbonyl (C=O) groups excluding carboxylic acids is 2. The molecule has 0 N–H and O–H groups in total. The summed E-state index contributed by atoms with van der Waals surface area (Å²) in [7, 11) is 1.36. The molecule has 200 valence electrons. The second-order valence-electron chi connectivity index (χ2n) is 9.05. The van der Waals surface area contributed by atoms with E-state index in [-0.39, 0.29) is 36.8 Å². The van der Waals surface area contributed by atoms with Gasteiger partial charge in [0.2, 0.25) is 0 Å². The molecular formula is C30H38O7. The molecule has 0 amide bonds. The fourth-order valence-electron chi connectivity index (χ4n) is 4.68. The summed E-state index contributed by atoms with van der Waals surface area (Å²) in [6.45, 7) is 6.71. The summed E-state index contributed by atoms with van der Waals surface area (Å²) >= 11 is 0. The molecule has 2 aromatic rings. The minimum absolute atomic E-state index is 0.0788. The van der Waals surface area contributed by atoms with Gasteiger partial charge in [-0.25, -0.2) is 0 Å². The minimum atomic E-state index is -0.478. The molecule has 0 unspecified atom stereocenters. The smallest absolute Gasteiger partial charge is 0.305 e. The Morgan fingerprint density at radius 1 is 0.892 bits per heavy atom. The van der Waals surface area contributed by atoms with Crippen LogP contribution >= 0.6 is 0 Å². The van der Waals surface area contributed by atoms with Crippen LogP contribution in [0.15, 0.2) is 73.3 Å². The predicted molar refractivity (Wildman–Crippen MR) is 140 cm³/mol. The number of benzene rings is 2. The Kier molecular flexibility index (Phi) is 11.8. The summed E-state index contributed by atoms with van der Waals surface area (Å²) < 4.78 is 29.6. The van der Waals surface area contributed by atoms with Gasteiger partial charge in [0.05, 0.1) is 51.7 Å². The van der Waals surface area contributed by atoms with Gasteiger partial charge in [0.25, 0.3) is 0 Å². The van der Waals surface area contributed by atoms with Crippen molar-refractivity contribution >= 4 is 11.9 Å². The zero-order valence-corrected chi connectivity index (χ0v) is 21.8. The van der Waals surface area contributed by atoms with E-state index in [1.807, 2.05) is 60.7 Å². The SMILES string of the molecule is C=CC[C@H]1O[C@H](CCC(=O)OCC)[C@H](CC(=O)OC)[C@H](OCc2ccccc2)[C@H]1OCc1ccccc1. The highest BCUT2D eigenvalue weighted by atomic mass is 16.6. The van der Waals surface area contributed by atoms with E-state index in [0.29, 0.717) is 32.7 Å². The molecular weight excluding hydrogens is 472 g/mol. The van der Waals surface area contributed by atoms with Crippen LogP contribution in [-0.2, 0) is 46.5 Å². The van der Waals surface area contributed by atoms with E-state index in [1.165, 1.54) is 7.11 Å². The second kappa shape index (κ2) is 15.3. The van der Waals surface area contributed by atoms with E-state index in [1.54, 1.807) is 13.0 Å². The third kappa shape index (κ3) is 8.81. The first-order valence-corrected chi connectivity index (χ1v) is 12.9. The van der Waals surface area contributed by atoms with E-state index in [4.69, 9.17) is 23.7 Å². The highest BCUT2D eigenvalue weighted by Gasteiger charge is 2.47. The molecule has 1 aliphatic heterocycles. The van der Waals surface area contributed by atoms with Crippen LogP contribution in [-0.4, -0.2) is 50.1 Å². The van der Waals surface area contributed by atoms with Crippen LogP contribution in [0.2, 0.25) is 0 Å². The Hall–Kier alpha value is -3.00. The van der Waals surface area contributed by atoms with Gasteiger partial charge in [-0.1, -0.05) is 66.7 Å². The molecule has 1 heterocycles. The third-order valence-electron chi connectivity index (χ3n) is 6.48. The van der Waals surface area contributed by atoms with Gasteiger partial charge in [-0.2, -0.15) is 0 Å². The van der Waals surface area contributed by atoms with Crippen molar-refractivity contribution in [2.45, 2.75) is 70.2 Å². The lowest BCUT2D eigenvalue weighted by Gasteiger charge is -2.46. The molecule has 7 heteroatoms. The Bertz CT molecular complexity index is 962. The number of hydrogen-bond donors (Lipinski definition) is 0. The summed E-state index contributed by atoms with van der Waals surface area (Å²) in [5, 5.41) is 0. The van der Waals surface area contributed by atoms with Crippen LogP contribution in [0.4, 0.5) is 0 Å². The van der Waals surface area contributed by atoms with Gasteiger partial charge in [-0.15, -0.1) is 6.58 Å². The Morgan fingerprint density at radius 3 is 2.03 bits per heavy atom. The van der Waals surface area contributed by atoms with Crippen LogP contribution in [0.1, 0.15) is 43.7 Å². The topological polar surface area (TPSA) is 80.3 Å². The zero-order valence-electron chi connectivity index (χ0n) is 21.8. The molecule has 5 atom stereocenters. The molecule has 37 heavy (non-hydrogen) atoms. The maximum atomic E-state index is 12.5. The molecule has 3 rings (SSSR count). The van der Waals surface area contributed by atoms with Gasteiger partial charge in [0, 0.05) is 12.3 Å². The molecule has 2 aromatic carbocycles. The van der Waals surface area contributed by atoms with Crippen molar-refractivity contribution in [1.29, 1.82) is 0 Å². The monoisotopic (exact) mass is 510 g/mol. The van der Waals surface area contributed by atoms with Crippen molar-refractivity contribution in [3.8, 4) is 0 Å². The van der Waals surface area contributed by atoms with Gasteiger partial charge in [-0.05, 0) is 30.9 Å². The van der Waals surface area contributed by atoms with Gasteiger partial charge in [-0.3, -0.25) is 9.59 Å². The van der Waals surface area contributed by atoms with Crippen molar-refractivity contribution in [2.75, 3.05) is 13.7 Å². The molecule has 0 aromatic heterocycles. The largest absolute Gasteiger partial charge is 0.469 e. The van der Waals surface area contributed by atoms with E-state index in [9.17, 15) is 9.59 Å². The lowest BCUT2D eigenvalue weighted by Crippen LogP contribution is -2.56. The number of rotatable bonds is 14. The second-order valence-corrected chi connectivity index (χ2v) is 9.05. The van der Waals surface area contributed by atoms with Crippen molar-refractivity contribution in [2.24, 2.45) is 5.92 Å². The zero-order chi connectivity index (χ0) is 26.5. The number of hydrogen-bond acceptors (Lipinski definition) is 7. The summed E-state index contributed by atoms with van der Waals surface area (Å²) in [4.78, 5) is 24.6. The number of esters is 2. The fourth-order valence-corrected chi connectivity index (χ4v) is 4.68. The van der Waals surface area contributed by atoms with Gasteiger partial charge in [0.1, 0.15) is 6.10 Å². The van der Waals surface area contributed by atoms with Crippen LogP contribution < -0.4 is 0 Å². The lowest BCUT2D eigenvalue weighted by atomic mass is 9.81. The third-order valence-corrected chi connectivity index (χ3v) is 6.48. The van der Waals surface area contributed by atoms with E-state index < -0.39 is 18.3 Å². The van der Waals surface area contributed by atoms with E-state index in [0.717, 1.165) is 11.1 Å². The molecule has 1 aliphatic rings. The molecule has 0 radical (unpaired) electrons. The Morgan fingerprint density at radius 2 is 1.49 bits per heavy atom. The molecule has 1 saturated heterocycles. The summed E-state index contributed by atoms with van der Waals surface area (Å²) in [5.74, 6) is -1.05. The fraction of sp³-hybridized carbons (Fsp3) is 0.467. The van der Waals surface area contributed by atoms with Gasteiger partial charge in [0.15, 0.2) is 0 Å². The average molecular weight is 511 g/mol. The highest BCUT2D eigenvalue weighted by Crippen LogP contribution is 2.37. The molecule has 0 aliphatic carbocycles. The first kappa shape index (κ1) is 28.6. The first-order valence-electron chi connectivity index (χ1n) is 12.9. The quantitative estimate of drug-likeness (QED) is 0.261. The standard InChI is InChI=1S/C30H38O7/c1-4-12-26-30(36-21-23-15-10-7-11-16-23)29(35-20-22-13-8-6-9-14-22)24(19-28(32)33-3)25(37-26)17-18-27(31)34-5-2/h4,6-11,13-16,24-26,29-30H,1,5,12,17-21H2,2-3H3/t24-,25+,26+,29-,30-/m0/s1. The summed E-state index contributed by atoms with van der Waals surface area (Å²) in [5.41, 5.74) is 2.03. The molecule has 1 fully saturated rings. The van der Waals surface area contributed by atoms with Crippen LogP contribution in [0.5, 0.6) is 0 Å². The predicted octanol–water partition coefficient (Wildman–Crippen LogP) is 5.02. The van der Waals surface area contributed by atoms with Crippen LogP contribution in [0.3, 0.4) is 0 Å². The van der Waals surface area contributed by atoms with Crippen LogP contribution in [0.25, 0.3) is 0 Å².